The summed E-state index contributed by atoms with van der Waals surface area (Å²) in [6.07, 6.45) is 3.59. The van der Waals surface area contributed by atoms with E-state index in [4.69, 9.17) is 4.74 Å². The number of benzene rings is 1. The number of rotatable bonds is 5. The molecule has 140 valence electrons. The molecule has 9 nitrogen and oxygen atoms in total. The molecule has 1 heterocycles. The average Bonchev–Trinajstić information content (AvgIpc) is 3.09. The number of nitro benzene ring substituents is 1. The van der Waals surface area contributed by atoms with Gasteiger partial charge in [0.25, 0.3) is 23.1 Å². The number of carbonyl (C=O) groups is 2. The lowest BCUT2D eigenvalue weighted by molar-refractivity contribution is -0.385. The highest BCUT2D eigenvalue weighted by Gasteiger charge is 2.48. The molecule has 0 bridgehead atoms. The Morgan fingerprint density at radius 3 is 2.73 bits per heavy atom. The Morgan fingerprint density at radius 2 is 2.12 bits per heavy atom. The Balaban J connectivity index is 1.78. The number of aliphatic hydroxyl groups excluding tert-OH is 1. The van der Waals surface area contributed by atoms with Crippen LogP contribution in [0.2, 0.25) is 0 Å². The van der Waals surface area contributed by atoms with E-state index in [-0.39, 0.29) is 35.7 Å². The molecule has 0 saturated heterocycles. The summed E-state index contributed by atoms with van der Waals surface area (Å²) in [4.78, 5) is 35.4. The Morgan fingerprint density at radius 1 is 1.42 bits per heavy atom. The van der Waals surface area contributed by atoms with Crippen molar-refractivity contribution < 1.29 is 24.4 Å². The Kier molecular flexibility index (Phi) is 4.57. The number of nitro groups is 1. The molecule has 0 spiro atoms. The predicted molar refractivity (Wildman–Crippen MR) is 91.8 cm³/mol. The molecule has 3 rings (SSSR count). The number of amides is 2. The predicted octanol–water partition coefficient (Wildman–Crippen LogP) is 1.35. The lowest BCUT2D eigenvalue weighted by Crippen LogP contribution is -2.59. The number of fused-ring (bicyclic) bond motifs is 1. The van der Waals surface area contributed by atoms with Gasteiger partial charge in [0.1, 0.15) is 0 Å². The van der Waals surface area contributed by atoms with E-state index in [2.05, 4.69) is 10.6 Å². The van der Waals surface area contributed by atoms with Crippen molar-refractivity contribution in [3.63, 3.8) is 0 Å². The number of aliphatic hydroxyl groups is 1. The molecule has 2 aliphatic rings. The van der Waals surface area contributed by atoms with E-state index in [1.54, 1.807) is 0 Å². The molecule has 9 heteroatoms. The fourth-order valence-electron chi connectivity index (χ4n) is 3.42. The van der Waals surface area contributed by atoms with Crippen molar-refractivity contribution in [1.82, 2.24) is 5.32 Å². The maximum absolute atomic E-state index is 12.7. The maximum atomic E-state index is 12.7. The van der Waals surface area contributed by atoms with Crippen LogP contribution in [0.1, 0.15) is 32.6 Å². The number of nitrogens with one attached hydrogen (secondary N) is 2. The minimum Gasteiger partial charge on any atom is -0.465 e. The molecule has 1 aliphatic heterocycles. The van der Waals surface area contributed by atoms with Gasteiger partial charge in [-0.2, -0.15) is 0 Å². The van der Waals surface area contributed by atoms with E-state index in [0.29, 0.717) is 0 Å². The summed E-state index contributed by atoms with van der Waals surface area (Å²) in [5, 5.41) is 25.8. The zero-order valence-corrected chi connectivity index (χ0v) is 14.4. The summed E-state index contributed by atoms with van der Waals surface area (Å²) in [6.45, 7) is 1.53. The summed E-state index contributed by atoms with van der Waals surface area (Å²) < 4.78 is 5.58. The van der Waals surface area contributed by atoms with Crippen molar-refractivity contribution in [1.29, 1.82) is 0 Å². The molecule has 1 aliphatic carbocycles. The van der Waals surface area contributed by atoms with Crippen LogP contribution < -0.4 is 15.4 Å². The highest BCUT2D eigenvalue weighted by Crippen LogP contribution is 2.38. The second-order valence-electron chi connectivity index (χ2n) is 7.07. The standard InChI is InChI=1S/C17H21N3O6/c1-16(14(22)18-9-17(10-21)6-2-3-7-17)15(23)19-12-5-4-11(20(24)25)8-13(12)26-16/h4-5,8,21H,2-3,6-7,9-10H2,1H3,(H,18,22)(H,19,23). The van der Waals surface area contributed by atoms with Crippen LogP contribution in [0.3, 0.4) is 0 Å². The third-order valence-electron chi connectivity index (χ3n) is 5.23. The molecule has 1 atom stereocenters. The number of hydrogen-bond acceptors (Lipinski definition) is 6. The number of anilines is 1. The highest BCUT2D eigenvalue weighted by atomic mass is 16.6. The Bertz CT molecular complexity index is 759. The van der Waals surface area contributed by atoms with E-state index in [0.717, 1.165) is 25.7 Å². The van der Waals surface area contributed by atoms with Crippen molar-refractivity contribution >= 4 is 23.2 Å². The topological polar surface area (TPSA) is 131 Å². The zero-order chi connectivity index (χ0) is 18.9. The normalized spacial score (nSPS) is 23.5. The van der Waals surface area contributed by atoms with Crippen LogP contribution in [0.5, 0.6) is 5.75 Å². The van der Waals surface area contributed by atoms with Crippen LogP contribution in [0.4, 0.5) is 11.4 Å². The molecule has 1 aromatic rings. The monoisotopic (exact) mass is 363 g/mol. The molecule has 1 fully saturated rings. The second-order valence-corrected chi connectivity index (χ2v) is 7.07. The second kappa shape index (κ2) is 6.56. The lowest BCUT2D eigenvalue weighted by atomic mass is 9.87. The van der Waals surface area contributed by atoms with Gasteiger partial charge >= 0.3 is 0 Å². The van der Waals surface area contributed by atoms with Crippen molar-refractivity contribution in [2.24, 2.45) is 5.41 Å². The molecule has 26 heavy (non-hydrogen) atoms. The van der Waals surface area contributed by atoms with Gasteiger partial charge in [0.2, 0.25) is 0 Å². The van der Waals surface area contributed by atoms with E-state index in [1.807, 2.05) is 0 Å². The van der Waals surface area contributed by atoms with Gasteiger partial charge in [-0.1, -0.05) is 12.8 Å². The van der Waals surface area contributed by atoms with Gasteiger partial charge in [0, 0.05) is 18.0 Å². The fraction of sp³-hybridized carbons (Fsp3) is 0.529. The van der Waals surface area contributed by atoms with Gasteiger partial charge in [-0.05, 0) is 25.8 Å². The maximum Gasteiger partial charge on any atom is 0.278 e. The van der Waals surface area contributed by atoms with Crippen molar-refractivity contribution in [3.8, 4) is 5.75 Å². The van der Waals surface area contributed by atoms with Gasteiger partial charge in [-0.25, -0.2) is 0 Å². The van der Waals surface area contributed by atoms with Crippen LogP contribution in [0.15, 0.2) is 18.2 Å². The van der Waals surface area contributed by atoms with E-state index in [9.17, 15) is 24.8 Å². The summed E-state index contributed by atoms with van der Waals surface area (Å²) in [7, 11) is 0. The zero-order valence-electron chi connectivity index (χ0n) is 14.4. The fourth-order valence-corrected chi connectivity index (χ4v) is 3.42. The van der Waals surface area contributed by atoms with Crippen molar-refractivity contribution in [2.75, 3.05) is 18.5 Å². The molecule has 0 radical (unpaired) electrons. The van der Waals surface area contributed by atoms with Crippen LogP contribution in [0.25, 0.3) is 0 Å². The number of nitrogens with zero attached hydrogens (tertiary/aromatic N) is 1. The first-order valence-electron chi connectivity index (χ1n) is 8.48. The first-order valence-corrected chi connectivity index (χ1v) is 8.48. The summed E-state index contributed by atoms with van der Waals surface area (Å²) in [6, 6.07) is 3.78. The summed E-state index contributed by atoms with van der Waals surface area (Å²) >= 11 is 0. The Hall–Kier alpha value is -2.68. The van der Waals surface area contributed by atoms with Crippen molar-refractivity contribution in [3.05, 3.63) is 28.3 Å². The van der Waals surface area contributed by atoms with Crippen LogP contribution in [0, 0.1) is 15.5 Å². The number of non-ortho nitro benzene ring substituents is 1. The minimum atomic E-state index is -1.85. The average molecular weight is 363 g/mol. The van der Waals surface area contributed by atoms with Crippen LogP contribution in [-0.2, 0) is 9.59 Å². The molecule has 1 saturated carbocycles. The highest BCUT2D eigenvalue weighted by molar-refractivity contribution is 6.15. The minimum absolute atomic E-state index is 0.0356. The van der Waals surface area contributed by atoms with Gasteiger partial charge in [0.15, 0.2) is 5.75 Å². The Labute approximate surface area is 149 Å². The molecule has 1 unspecified atom stereocenters. The van der Waals surface area contributed by atoms with Gasteiger partial charge in [-0.3, -0.25) is 19.7 Å². The number of carbonyl (C=O) groups excluding carboxylic acids is 2. The summed E-state index contributed by atoms with van der Waals surface area (Å²) in [5.41, 5.74) is -2.15. The first-order chi connectivity index (χ1) is 12.3. The number of hydrogen-bond donors (Lipinski definition) is 3. The van der Waals surface area contributed by atoms with Gasteiger partial charge in [0.05, 0.1) is 23.3 Å². The van der Waals surface area contributed by atoms with Gasteiger partial charge in [-0.15, -0.1) is 0 Å². The molecule has 2 amide bonds. The molecule has 0 aromatic heterocycles. The van der Waals surface area contributed by atoms with Crippen LogP contribution in [-0.4, -0.2) is 40.6 Å². The van der Waals surface area contributed by atoms with E-state index >= 15 is 0 Å². The molecule has 1 aromatic carbocycles. The SMILES string of the molecule is CC1(C(=O)NCC2(CO)CCCC2)Oc2cc([N+](=O)[O-])ccc2NC1=O. The molecular weight excluding hydrogens is 342 g/mol. The largest absolute Gasteiger partial charge is 0.465 e. The summed E-state index contributed by atoms with van der Waals surface area (Å²) in [5.74, 6) is -1.23. The lowest BCUT2D eigenvalue weighted by Gasteiger charge is -2.34. The van der Waals surface area contributed by atoms with E-state index < -0.39 is 22.3 Å². The van der Waals surface area contributed by atoms with Gasteiger partial charge < -0.3 is 20.5 Å². The third-order valence-corrected chi connectivity index (χ3v) is 5.23. The van der Waals surface area contributed by atoms with Crippen molar-refractivity contribution in [2.45, 2.75) is 38.2 Å². The molecular formula is C17H21N3O6. The third kappa shape index (κ3) is 3.10. The van der Waals surface area contributed by atoms with E-state index in [1.165, 1.54) is 25.1 Å². The number of ether oxygens (including phenoxy) is 1. The van der Waals surface area contributed by atoms with Crippen LogP contribution >= 0.6 is 0 Å². The first kappa shape index (κ1) is 18.1. The smallest absolute Gasteiger partial charge is 0.278 e. The quantitative estimate of drug-likeness (QED) is 0.411. The molecule has 3 N–H and O–H groups in total.